The van der Waals surface area contributed by atoms with Crippen molar-refractivity contribution in [1.29, 1.82) is 0 Å². The number of carbonyl (C=O) groups excluding carboxylic acids is 1. The van der Waals surface area contributed by atoms with Gasteiger partial charge in [0.05, 0.1) is 5.69 Å². The summed E-state index contributed by atoms with van der Waals surface area (Å²) in [4.78, 5) is 20.8. The number of fused-ring (bicyclic) bond motifs is 1. The van der Waals surface area contributed by atoms with E-state index in [4.69, 9.17) is 0 Å². The highest BCUT2D eigenvalue weighted by atomic mass is 32.2. The molecule has 4 N–H and O–H groups in total. The highest BCUT2D eigenvalue weighted by molar-refractivity contribution is 7.98. The van der Waals surface area contributed by atoms with Crippen molar-refractivity contribution in [1.82, 2.24) is 14.3 Å². The Morgan fingerprint density at radius 2 is 1.97 bits per heavy atom. The predicted octanol–water partition coefficient (Wildman–Crippen LogP) is 4.89. The van der Waals surface area contributed by atoms with E-state index >= 15 is 0 Å². The highest BCUT2D eigenvalue weighted by Gasteiger charge is 2.29. The molecule has 1 aliphatic carbocycles. The van der Waals surface area contributed by atoms with E-state index in [9.17, 15) is 14.8 Å². The number of benzene rings is 1. The third kappa shape index (κ3) is 5.81. The molecule has 0 atom stereocenters. The molecular formula is C27H34BN5O3S. The largest absolute Gasteiger partial charge is 0.454 e. The van der Waals surface area contributed by atoms with Gasteiger partial charge in [-0.2, -0.15) is 0 Å². The second-order valence-corrected chi connectivity index (χ2v) is 11.0. The van der Waals surface area contributed by atoms with Gasteiger partial charge in [0.25, 0.3) is 0 Å². The van der Waals surface area contributed by atoms with Gasteiger partial charge in [0.1, 0.15) is 5.82 Å². The van der Waals surface area contributed by atoms with E-state index in [2.05, 4.69) is 56.5 Å². The Bertz CT molecular complexity index is 1260. The summed E-state index contributed by atoms with van der Waals surface area (Å²) in [6.07, 6.45) is 10.3. The zero-order valence-electron chi connectivity index (χ0n) is 21.4. The molecule has 5 rings (SSSR count). The molecule has 1 aromatic carbocycles. The van der Waals surface area contributed by atoms with Gasteiger partial charge in [-0.25, -0.2) is 9.78 Å². The van der Waals surface area contributed by atoms with Gasteiger partial charge in [-0.3, -0.25) is 4.72 Å². The fourth-order valence-corrected chi connectivity index (χ4v) is 5.82. The van der Waals surface area contributed by atoms with Crippen molar-refractivity contribution in [2.75, 3.05) is 23.3 Å². The van der Waals surface area contributed by atoms with Crippen LogP contribution in [-0.2, 0) is 12.8 Å². The van der Waals surface area contributed by atoms with E-state index in [-0.39, 0.29) is 11.8 Å². The zero-order valence-corrected chi connectivity index (χ0v) is 22.2. The number of carbonyl (C=O) groups is 1. The molecule has 1 aliphatic heterocycles. The topological polar surface area (TPSA) is 103 Å². The summed E-state index contributed by atoms with van der Waals surface area (Å²) in [5.41, 5.74) is 5.35. The molecule has 0 unspecified atom stereocenters. The van der Waals surface area contributed by atoms with Gasteiger partial charge < -0.3 is 24.8 Å². The maximum atomic E-state index is 13.0. The molecule has 194 valence electrons. The number of pyridine rings is 1. The lowest BCUT2D eigenvalue weighted by molar-refractivity contribution is 0.257. The number of anilines is 2. The minimum Gasteiger partial charge on any atom is -0.427 e. The van der Waals surface area contributed by atoms with E-state index < -0.39 is 7.12 Å². The molecule has 0 saturated carbocycles. The van der Waals surface area contributed by atoms with E-state index in [1.807, 2.05) is 30.7 Å². The molecule has 3 heterocycles. The van der Waals surface area contributed by atoms with Crippen LogP contribution in [0.5, 0.6) is 0 Å². The van der Waals surface area contributed by atoms with Gasteiger partial charge in [-0.1, -0.05) is 12.1 Å². The first-order valence-corrected chi connectivity index (χ1v) is 13.8. The van der Waals surface area contributed by atoms with Gasteiger partial charge in [-0.05, 0) is 98.6 Å². The summed E-state index contributed by atoms with van der Waals surface area (Å²) >= 11 is 1.31. The lowest BCUT2D eigenvalue weighted by atomic mass is 9.67. The van der Waals surface area contributed by atoms with Crippen LogP contribution in [0.15, 0.2) is 53.8 Å². The summed E-state index contributed by atoms with van der Waals surface area (Å²) in [6.45, 7) is 5.70. The normalized spacial score (nSPS) is 15.6. The molecular weight excluding hydrogens is 485 g/mol. The van der Waals surface area contributed by atoms with Crippen LogP contribution < -0.4 is 14.9 Å². The lowest BCUT2D eigenvalue weighted by Crippen LogP contribution is -2.37. The third-order valence-electron chi connectivity index (χ3n) is 7.41. The molecule has 10 heteroatoms. The van der Waals surface area contributed by atoms with Crippen LogP contribution in [-0.4, -0.2) is 45.8 Å². The van der Waals surface area contributed by atoms with Gasteiger partial charge in [0.2, 0.25) is 0 Å². The van der Waals surface area contributed by atoms with Crippen LogP contribution in [0.3, 0.4) is 0 Å². The summed E-state index contributed by atoms with van der Waals surface area (Å²) < 4.78 is 5.05. The summed E-state index contributed by atoms with van der Waals surface area (Å²) in [5.74, 6) is 0.775. The Hall–Kier alpha value is -2.95. The summed E-state index contributed by atoms with van der Waals surface area (Å²) in [5, 5.41) is 22.2. The van der Waals surface area contributed by atoms with Crippen molar-refractivity contribution in [3.05, 3.63) is 60.0 Å². The molecule has 8 nitrogen and oxygen atoms in total. The van der Waals surface area contributed by atoms with Crippen molar-refractivity contribution in [3.8, 4) is 11.1 Å². The van der Waals surface area contributed by atoms with Crippen LogP contribution in [0.1, 0.15) is 50.3 Å². The van der Waals surface area contributed by atoms with E-state index in [0.29, 0.717) is 18.9 Å². The van der Waals surface area contributed by atoms with Crippen molar-refractivity contribution >= 4 is 36.6 Å². The lowest BCUT2D eigenvalue weighted by Gasteiger charge is -2.32. The van der Waals surface area contributed by atoms with Gasteiger partial charge >= 0.3 is 13.1 Å². The number of hydrogen-bond donors (Lipinski definition) is 4. The molecule has 2 aromatic heterocycles. The number of aromatic nitrogens is 2. The Labute approximate surface area is 222 Å². The SMILES string of the molecule is CC(C)n1ccc(SNC(=O)Nc2c(-c3ccnc(N4CCC(B(O)O)CC4)c3)ccc3c2CCC3)c1. The van der Waals surface area contributed by atoms with Crippen LogP contribution in [0.4, 0.5) is 16.3 Å². The molecule has 1 fully saturated rings. The first kappa shape index (κ1) is 25.7. The molecule has 0 radical (unpaired) electrons. The minimum absolute atomic E-state index is 0.0905. The Kier molecular flexibility index (Phi) is 7.78. The molecule has 1 saturated heterocycles. The number of nitrogens with one attached hydrogen (secondary N) is 2. The maximum absolute atomic E-state index is 13.0. The quantitative estimate of drug-likeness (QED) is 0.262. The number of amides is 2. The van der Waals surface area contributed by atoms with Crippen LogP contribution in [0, 0.1) is 0 Å². The number of piperidine rings is 1. The van der Waals surface area contributed by atoms with Gasteiger partial charge in [0, 0.05) is 48.2 Å². The van der Waals surface area contributed by atoms with E-state index in [1.54, 1.807) is 0 Å². The highest BCUT2D eigenvalue weighted by Crippen LogP contribution is 2.39. The smallest absolute Gasteiger partial charge is 0.427 e. The third-order valence-corrected chi connectivity index (χ3v) is 8.17. The number of rotatable bonds is 7. The van der Waals surface area contributed by atoms with Crippen LogP contribution >= 0.6 is 11.9 Å². The number of nitrogens with zero attached hydrogens (tertiary/aromatic N) is 3. The molecule has 0 bridgehead atoms. The van der Waals surface area contributed by atoms with Crippen molar-refractivity contribution in [3.63, 3.8) is 0 Å². The Morgan fingerprint density at radius 1 is 1.16 bits per heavy atom. The van der Waals surface area contributed by atoms with E-state index in [0.717, 1.165) is 59.9 Å². The van der Waals surface area contributed by atoms with E-state index in [1.165, 1.54) is 23.1 Å². The zero-order chi connectivity index (χ0) is 25.9. The fraction of sp³-hybridized carbons (Fsp3) is 0.407. The average molecular weight is 519 g/mol. The maximum Gasteiger partial charge on any atom is 0.454 e. The van der Waals surface area contributed by atoms with Gasteiger partial charge in [0.15, 0.2) is 0 Å². The molecule has 2 amide bonds. The van der Waals surface area contributed by atoms with Crippen molar-refractivity contribution in [2.45, 2.75) is 62.7 Å². The summed E-state index contributed by atoms with van der Waals surface area (Å²) in [6, 6.07) is 10.5. The fourth-order valence-electron chi connectivity index (χ4n) is 5.25. The molecule has 37 heavy (non-hydrogen) atoms. The molecule has 0 spiro atoms. The number of hydrogen-bond acceptors (Lipinski definition) is 6. The van der Waals surface area contributed by atoms with Crippen molar-refractivity contribution in [2.24, 2.45) is 0 Å². The number of urea groups is 1. The second kappa shape index (κ2) is 11.2. The van der Waals surface area contributed by atoms with Gasteiger partial charge in [-0.15, -0.1) is 0 Å². The second-order valence-electron chi connectivity index (χ2n) is 10.2. The van der Waals surface area contributed by atoms with Crippen molar-refractivity contribution < 1.29 is 14.8 Å². The first-order chi connectivity index (χ1) is 17.9. The monoisotopic (exact) mass is 519 g/mol. The number of aryl methyl sites for hydroxylation is 1. The first-order valence-electron chi connectivity index (χ1n) is 13.0. The Morgan fingerprint density at radius 3 is 2.70 bits per heavy atom. The standard InChI is InChI=1S/C27H34BN5O3S/c1-18(2)33-15-11-22(17-33)37-31-27(34)30-26-23-5-3-4-19(23)6-7-24(26)20-8-12-29-25(16-20)32-13-9-21(10-14-32)28(35)36/h6-8,11-12,15-18,21,35-36H,3-5,9-10,13-14H2,1-2H3,(H2,30,31,34). The van der Waals surface area contributed by atoms with Crippen LogP contribution in [0.2, 0.25) is 5.82 Å². The minimum atomic E-state index is -1.26. The van der Waals surface area contributed by atoms with Crippen LogP contribution in [0.25, 0.3) is 11.1 Å². The molecule has 3 aromatic rings. The summed E-state index contributed by atoms with van der Waals surface area (Å²) in [7, 11) is -1.26. The predicted molar refractivity (Wildman–Crippen MR) is 150 cm³/mol. The molecule has 2 aliphatic rings. The average Bonchev–Trinajstić information content (AvgIpc) is 3.58. The Balaban J connectivity index is 1.35.